The molecule has 0 radical (unpaired) electrons. The minimum atomic E-state index is -0.193. The van der Waals surface area contributed by atoms with Gasteiger partial charge in [0, 0.05) is 6.54 Å². The summed E-state index contributed by atoms with van der Waals surface area (Å²) in [6, 6.07) is 0. The van der Waals surface area contributed by atoms with Crippen LogP contribution in [0.3, 0.4) is 0 Å². The van der Waals surface area contributed by atoms with E-state index in [1.807, 2.05) is 18.5 Å². The van der Waals surface area contributed by atoms with Gasteiger partial charge in [-0.15, -0.1) is 0 Å². The minimum absolute atomic E-state index is 0.154. The third kappa shape index (κ3) is 12.6. The van der Waals surface area contributed by atoms with Gasteiger partial charge in [0.2, 0.25) is 0 Å². The maximum atomic E-state index is 6.01. The zero-order chi connectivity index (χ0) is 24.3. The summed E-state index contributed by atoms with van der Waals surface area (Å²) in [5, 5.41) is 4.78. The first kappa shape index (κ1) is 29.2. The molecule has 0 aromatic carbocycles. The molecule has 1 aromatic heterocycles. The molecule has 1 aliphatic rings. The minimum Gasteiger partial charge on any atom is -0.377 e. The molecule has 8 heteroatoms. The van der Waals surface area contributed by atoms with E-state index in [1.54, 1.807) is 0 Å². The molecular formula is C26H49N3O5. The second kappa shape index (κ2) is 19.2. The summed E-state index contributed by atoms with van der Waals surface area (Å²) >= 11 is 0. The average Bonchev–Trinajstić information content (AvgIpc) is 3.27. The molecule has 2 bridgehead atoms. The van der Waals surface area contributed by atoms with Crippen molar-refractivity contribution in [3.8, 4) is 0 Å². The maximum absolute atomic E-state index is 6.01. The van der Waals surface area contributed by atoms with Gasteiger partial charge in [-0.25, -0.2) is 9.67 Å². The van der Waals surface area contributed by atoms with Crippen LogP contribution in [0, 0.1) is 0 Å². The molecule has 0 unspecified atom stereocenters. The average molecular weight is 484 g/mol. The van der Waals surface area contributed by atoms with E-state index in [9.17, 15) is 0 Å². The summed E-state index contributed by atoms with van der Waals surface area (Å²) in [6.45, 7) is 11.4. The van der Waals surface area contributed by atoms with Crippen LogP contribution < -0.4 is 0 Å². The smallest absolute Gasteiger partial charge is 0.179 e. The number of unbranched alkanes of at least 4 members (excludes halogenated alkanes) is 9. The number of aryl methyl sites for hydroxylation is 1. The highest BCUT2D eigenvalue weighted by Crippen LogP contribution is 2.20. The quantitative estimate of drug-likeness (QED) is 0.389. The van der Waals surface area contributed by atoms with E-state index in [0.29, 0.717) is 58.7 Å². The zero-order valence-electron chi connectivity index (χ0n) is 22.0. The lowest BCUT2D eigenvalue weighted by molar-refractivity contribution is -0.0288. The van der Waals surface area contributed by atoms with E-state index in [0.717, 1.165) is 18.8 Å². The summed E-state index contributed by atoms with van der Waals surface area (Å²) in [5.41, 5.74) is 0. The van der Waals surface area contributed by atoms with Crippen molar-refractivity contribution in [2.75, 3.05) is 52.9 Å². The van der Waals surface area contributed by atoms with Crippen molar-refractivity contribution < 1.29 is 23.7 Å². The van der Waals surface area contributed by atoms with E-state index >= 15 is 0 Å². The third-order valence-corrected chi connectivity index (χ3v) is 6.10. The summed E-state index contributed by atoms with van der Waals surface area (Å²) in [5.74, 6) is 1.57. The van der Waals surface area contributed by atoms with Crippen molar-refractivity contribution in [2.45, 2.75) is 104 Å². The molecule has 2 atom stereocenters. The van der Waals surface area contributed by atoms with Gasteiger partial charge in [0.15, 0.2) is 11.6 Å². The molecule has 0 fully saturated rings. The van der Waals surface area contributed by atoms with Crippen LogP contribution in [-0.4, -0.2) is 67.6 Å². The van der Waals surface area contributed by atoms with Gasteiger partial charge in [0.05, 0.1) is 52.9 Å². The molecule has 34 heavy (non-hydrogen) atoms. The molecule has 0 spiro atoms. The molecular weight excluding hydrogens is 434 g/mol. The van der Waals surface area contributed by atoms with E-state index in [-0.39, 0.29) is 12.2 Å². The summed E-state index contributed by atoms with van der Waals surface area (Å²) in [4.78, 5) is 4.80. The Balaban J connectivity index is 1.82. The highest BCUT2D eigenvalue weighted by Gasteiger charge is 2.20. The van der Waals surface area contributed by atoms with Gasteiger partial charge in [-0.1, -0.05) is 64.7 Å². The molecule has 0 N–H and O–H groups in total. The largest absolute Gasteiger partial charge is 0.377 e. The van der Waals surface area contributed by atoms with Crippen LogP contribution in [0.25, 0.3) is 0 Å². The molecule has 1 aliphatic heterocycles. The predicted octanol–water partition coefficient (Wildman–Crippen LogP) is 5.42. The molecule has 0 amide bonds. The second-order valence-electron chi connectivity index (χ2n) is 9.10. The lowest BCUT2D eigenvalue weighted by atomic mass is 10.1. The van der Waals surface area contributed by atoms with Gasteiger partial charge in [0.25, 0.3) is 0 Å². The number of rotatable bonds is 11. The lowest BCUT2D eigenvalue weighted by Gasteiger charge is -2.14. The first-order chi connectivity index (χ1) is 16.7. The van der Waals surface area contributed by atoms with Crippen LogP contribution in [-0.2, 0) is 30.2 Å². The van der Waals surface area contributed by atoms with Crippen molar-refractivity contribution in [1.82, 2.24) is 14.8 Å². The number of ether oxygens (including phenoxy) is 5. The Morgan fingerprint density at radius 2 is 1.12 bits per heavy atom. The Labute approximate surface area is 207 Å². The van der Waals surface area contributed by atoms with E-state index < -0.39 is 0 Å². The fourth-order valence-electron chi connectivity index (χ4n) is 4.02. The van der Waals surface area contributed by atoms with Crippen molar-refractivity contribution in [1.29, 1.82) is 0 Å². The van der Waals surface area contributed by atoms with E-state index in [4.69, 9.17) is 33.8 Å². The Morgan fingerprint density at radius 3 is 1.68 bits per heavy atom. The summed E-state index contributed by atoms with van der Waals surface area (Å²) in [7, 11) is 0. The van der Waals surface area contributed by atoms with E-state index in [2.05, 4.69) is 6.92 Å². The number of aromatic nitrogens is 3. The van der Waals surface area contributed by atoms with Crippen molar-refractivity contribution in [3.63, 3.8) is 0 Å². The highest BCUT2D eigenvalue weighted by atomic mass is 16.6. The third-order valence-electron chi connectivity index (χ3n) is 6.10. The van der Waals surface area contributed by atoms with Crippen LogP contribution >= 0.6 is 0 Å². The van der Waals surface area contributed by atoms with Crippen molar-refractivity contribution in [3.05, 3.63) is 11.6 Å². The fourth-order valence-corrected chi connectivity index (χ4v) is 4.02. The Kier molecular flexibility index (Phi) is 16.4. The van der Waals surface area contributed by atoms with Gasteiger partial charge in [-0.2, -0.15) is 5.10 Å². The number of hydrogen-bond donors (Lipinski definition) is 0. The van der Waals surface area contributed by atoms with Gasteiger partial charge in [0.1, 0.15) is 12.2 Å². The first-order valence-electron chi connectivity index (χ1n) is 13.6. The molecule has 2 heterocycles. The SMILES string of the molecule is CCCCCCCCCCCCn1nc2nc1[C@H](C)OCCOCCOCCOCCO[C@H]2C. The van der Waals surface area contributed by atoms with Gasteiger partial charge in [-0.3, -0.25) is 0 Å². The lowest BCUT2D eigenvalue weighted by Crippen LogP contribution is -2.15. The van der Waals surface area contributed by atoms with Crippen molar-refractivity contribution in [2.24, 2.45) is 0 Å². The van der Waals surface area contributed by atoms with Crippen LogP contribution in [0.2, 0.25) is 0 Å². The van der Waals surface area contributed by atoms with Crippen molar-refractivity contribution >= 4 is 0 Å². The number of fused-ring (bicyclic) bond motifs is 2. The second-order valence-corrected chi connectivity index (χ2v) is 9.10. The molecule has 0 saturated heterocycles. The van der Waals surface area contributed by atoms with Crippen LogP contribution in [0.4, 0.5) is 0 Å². The standard InChI is InChI=1S/C26H49N3O5/c1-4-5-6-7-8-9-10-11-12-13-14-29-26-24(3)34-22-20-32-18-16-30-15-17-31-19-21-33-23(2)25(27-26)28-29/h23-24H,4-22H2,1-3H3/t23-,24-/m0/s1. The number of hydrogen-bond acceptors (Lipinski definition) is 7. The molecule has 2 rings (SSSR count). The molecule has 0 aliphatic carbocycles. The Hall–Kier alpha value is -1.06. The normalized spacial score (nSPS) is 21.7. The summed E-state index contributed by atoms with van der Waals surface area (Å²) < 4.78 is 30.6. The maximum Gasteiger partial charge on any atom is 0.179 e. The van der Waals surface area contributed by atoms with Gasteiger partial charge in [-0.05, 0) is 20.3 Å². The van der Waals surface area contributed by atoms with Crippen LogP contribution in [0.1, 0.15) is 109 Å². The fraction of sp³-hybridized carbons (Fsp3) is 0.923. The zero-order valence-corrected chi connectivity index (χ0v) is 22.0. The molecule has 1 aromatic rings. The Morgan fingerprint density at radius 1 is 0.647 bits per heavy atom. The van der Waals surface area contributed by atoms with Crippen LogP contribution in [0.15, 0.2) is 0 Å². The topological polar surface area (TPSA) is 76.9 Å². The molecule has 8 nitrogen and oxygen atoms in total. The van der Waals surface area contributed by atoms with Gasteiger partial charge >= 0.3 is 0 Å². The Bertz CT molecular complexity index is 613. The van der Waals surface area contributed by atoms with Gasteiger partial charge < -0.3 is 23.7 Å². The van der Waals surface area contributed by atoms with Crippen LogP contribution in [0.5, 0.6) is 0 Å². The molecule has 198 valence electrons. The predicted molar refractivity (Wildman–Crippen MR) is 133 cm³/mol. The monoisotopic (exact) mass is 483 g/mol. The molecule has 0 saturated carbocycles. The van der Waals surface area contributed by atoms with E-state index in [1.165, 1.54) is 57.8 Å². The summed E-state index contributed by atoms with van der Waals surface area (Å²) in [6.07, 6.45) is 12.8. The first-order valence-corrected chi connectivity index (χ1v) is 13.6. The highest BCUT2D eigenvalue weighted by molar-refractivity contribution is 4.99. The number of nitrogens with zero attached hydrogens (tertiary/aromatic N) is 3.